The number of carbonyl (C=O) groups excluding carboxylic acids is 1. The van der Waals surface area contributed by atoms with Crippen LogP contribution in [0, 0.1) is 5.92 Å². The number of halogens is 2. The summed E-state index contributed by atoms with van der Waals surface area (Å²) in [6, 6.07) is 5.24. The van der Waals surface area contributed by atoms with Crippen LogP contribution >= 0.6 is 23.2 Å². The fraction of sp³-hybridized carbons (Fsp3) is 0.500. The number of ether oxygens (including phenoxy) is 1. The van der Waals surface area contributed by atoms with E-state index in [1.165, 1.54) is 0 Å². The molecule has 0 aromatic heterocycles. The van der Waals surface area contributed by atoms with Crippen molar-refractivity contribution in [3.05, 3.63) is 33.8 Å². The van der Waals surface area contributed by atoms with E-state index in [9.17, 15) is 13.2 Å². The van der Waals surface area contributed by atoms with Crippen LogP contribution in [0.25, 0.3) is 0 Å². The Morgan fingerprint density at radius 2 is 1.86 bits per heavy atom. The van der Waals surface area contributed by atoms with Crippen molar-refractivity contribution < 1.29 is 17.9 Å². The maximum absolute atomic E-state index is 12.0. The molecule has 0 unspecified atom stereocenters. The summed E-state index contributed by atoms with van der Waals surface area (Å²) in [5.74, 6) is -0.435. The highest BCUT2D eigenvalue weighted by molar-refractivity contribution is 7.91. The van der Waals surface area contributed by atoms with Gasteiger partial charge in [0.05, 0.1) is 17.4 Å². The quantitative estimate of drug-likeness (QED) is 0.788. The molecule has 1 aliphatic carbocycles. The standard InChI is InChI=1S/C14H14Cl2O4S/c15-9-3-8(4-10(16)5-9)12-6-13(12)14(17)20-11-1-2-21(18,19)7-11/h3-5,11-13H,1-2,6-7H2/t11-,12+,13+/m1/s1. The highest BCUT2D eigenvalue weighted by atomic mass is 35.5. The van der Waals surface area contributed by atoms with Crippen LogP contribution in [0.2, 0.25) is 10.0 Å². The largest absolute Gasteiger partial charge is 0.461 e. The third-order valence-corrected chi connectivity index (χ3v) is 6.05. The molecular formula is C14H14Cl2O4S. The van der Waals surface area contributed by atoms with E-state index in [1.54, 1.807) is 18.2 Å². The molecule has 0 spiro atoms. The summed E-state index contributed by atoms with van der Waals surface area (Å²) in [5, 5.41) is 1.08. The van der Waals surface area contributed by atoms with E-state index in [4.69, 9.17) is 27.9 Å². The van der Waals surface area contributed by atoms with Gasteiger partial charge in [0.15, 0.2) is 9.84 Å². The zero-order chi connectivity index (χ0) is 15.2. The zero-order valence-electron chi connectivity index (χ0n) is 11.1. The molecule has 1 saturated heterocycles. The van der Waals surface area contributed by atoms with Crippen LogP contribution in [0.15, 0.2) is 18.2 Å². The van der Waals surface area contributed by atoms with Gasteiger partial charge < -0.3 is 4.74 Å². The molecule has 0 bridgehead atoms. The lowest BCUT2D eigenvalue weighted by molar-refractivity contribution is -0.149. The third kappa shape index (κ3) is 3.52. The lowest BCUT2D eigenvalue weighted by Gasteiger charge is -2.10. The summed E-state index contributed by atoms with van der Waals surface area (Å²) in [7, 11) is -3.04. The van der Waals surface area contributed by atoms with Gasteiger partial charge in [-0.15, -0.1) is 0 Å². The van der Waals surface area contributed by atoms with Gasteiger partial charge >= 0.3 is 5.97 Å². The first-order valence-corrected chi connectivity index (χ1v) is 9.29. The Bertz CT molecular complexity index is 666. The first-order chi connectivity index (χ1) is 9.84. The minimum absolute atomic E-state index is 0.0564. The van der Waals surface area contributed by atoms with Gasteiger partial charge in [-0.25, -0.2) is 8.42 Å². The first kappa shape index (κ1) is 15.1. The van der Waals surface area contributed by atoms with Crippen LogP contribution in [0.4, 0.5) is 0 Å². The van der Waals surface area contributed by atoms with E-state index < -0.39 is 15.9 Å². The van der Waals surface area contributed by atoms with Crippen LogP contribution in [-0.2, 0) is 19.4 Å². The molecule has 2 fully saturated rings. The second-order valence-corrected chi connectivity index (χ2v) is 8.71. The van der Waals surface area contributed by atoms with Crippen molar-refractivity contribution in [3.8, 4) is 0 Å². The van der Waals surface area contributed by atoms with E-state index in [1.807, 2.05) is 0 Å². The molecule has 3 rings (SSSR count). The van der Waals surface area contributed by atoms with Gasteiger partial charge in [-0.2, -0.15) is 0 Å². The molecule has 1 aromatic rings. The molecule has 0 amide bonds. The average Bonchev–Trinajstić information content (AvgIpc) is 3.08. The lowest BCUT2D eigenvalue weighted by Crippen LogP contribution is -2.20. The maximum Gasteiger partial charge on any atom is 0.309 e. The monoisotopic (exact) mass is 348 g/mol. The molecule has 21 heavy (non-hydrogen) atoms. The molecule has 4 nitrogen and oxygen atoms in total. The molecule has 1 aromatic carbocycles. The number of benzene rings is 1. The molecular weight excluding hydrogens is 335 g/mol. The van der Waals surface area contributed by atoms with E-state index in [0.29, 0.717) is 22.9 Å². The van der Waals surface area contributed by atoms with Gasteiger partial charge in [-0.1, -0.05) is 23.2 Å². The van der Waals surface area contributed by atoms with Crippen LogP contribution in [0.1, 0.15) is 24.3 Å². The number of carbonyl (C=O) groups is 1. The van der Waals surface area contributed by atoms with Crippen molar-refractivity contribution in [2.45, 2.75) is 24.9 Å². The van der Waals surface area contributed by atoms with Crippen LogP contribution in [-0.4, -0.2) is 32.0 Å². The van der Waals surface area contributed by atoms with Gasteiger partial charge in [0.25, 0.3) is 0 Å². The number of esters is 1. The normalized spacial score (nSPS) is 30.1. The Hall–Kier alpha value is -0.780. The maximum atomic E-state index is 12.0. The predicted molar refractivity (Wildman–Crippen MR) is 80.5 cm³/mol. The molecule has 114 valence electrons. The number of rotatable bonds is 3. The number of hydrogen-bond donors (Lipinski definition) is 0. The second-order valence-electron chi connectivity index (χ2n) is 5.61. The van der Waals surface area contributed by atoms with E-state index >= 15 is 0 Å². The fourth-order valence-corrected chi connectivity index (χ4v) is 4.85. The Morgan fingerprint density at radius 3 is 2.43 bits per heavy atom. The minimum Gasteiger partial charge on any atom is -0.461 e. The fourth-order valence-electron chi connectivity index (χ4n) is 2.72. The smallest absolute Gasteiger partial charge is 0.309 e. The predicted octanol–water partition coefficient (Wildman–Crippen LogP) is 2.83. The van der Waals surface area contributed by atoms with Crippen molar-refractivity contribution >= 4 is 39.0 Å². The van der Waals surface area contributed by atoms with Gasteiger partial charge in [0.1, 0.15) is 6.10 Å². The molecule has 0 radical (unpaired) electrons. The summed E-state index contributed by atoms with van der Waals surface area (Å²) >= 11 is 11.9. The summed E-state index contributed by atoms with van der Waals surface area (Å²) in [6.07, 6.45) is 0.593. The van der Waals surface area contributed by atoms with Gasteiger partial charge in [-0.05, 0) is 42.5 Å². The van der Waals surface area contributed by atoms with E-state index in [-0.39, 0.29) is 29.3 Å². The van der Waals surface area contributed by atoms with Gasteiger partial charge in [0, 0.05) is 10.0 Å². The minimum atomic E-state index is -3.04. The van der Waals surface area contributed by atoms with Crippen LogP contribution < -0.4 is 0 Å². The Balaban J connectivity index is 1.61. The SMILES string of the molecule is O=C(O[C@@H]1CCS(=O)(=O)C1)[C@H]1C[C@H]1c1cc(Cl)cc(Cl)c1. The zero-order valence-corrected chi connectivity index (χ0v) is 13.4. The molecule has 7 heteroatoms. The number of hydrogen-bond acceptors (Lipinski definition) is 4. The number of sulfone groups is 1. The van der Waals surface area contributed by atoms with Crippen molar-refractivity contribution in [3.63, 3.8) is 0 Å². The second kappa shape index (κ2) is 5.45. The van der Waals surface area contributed by atoms with Gasteiger partial charge in [-0.3, -0.25) is 4.79 Å². The van der Waals surface area contributed by atoms with Gasteiger partial charge in [0.2, 0.25) is 0 Å². The first-order valence-electron chi connectivity index (χ1n) is 6.71. The summed E-state index contributed by atoms with van der Waals surface area (Å²) in [5.41, 5.74) is 0.925. The van der Waals surface area contributed by atoms with Crippen molar-refractivity contribution in [2.24, 2.45) is 5.92 Å². The van der Waals surface area contributed by atoms with E-state index in [2.05, 4.69) is 0 Å². The van der Waals surface area contributed by atoms with Crippen molar-refractivity contribution in [1.82, 2.24) is 0 Å². The average molecular weight is 349 g/mol. The Labute approximate surface area is 133 Å². The topological polar surface area (TPSA) is 60.4 Å². The van der Waals surface area contributed by atoms with Crippen molar-refractivity contribution in [1.29, 1.82) is 0 Å². The van der Waals surface area contributed by atoms with Crippen LogP contribution in [0.3, 0.4) is 0 Å². The molecule has 1 heterocycles. The highest BCUT2D eigenvalue weighted by Gasteiger charge is 2.46. The Morgan fingerprint density at radius 1 is 1.19 bits per heavy atom. The molecule has 1 saturated carbocycles. The summed E-state index contributed by atoms with van der Waals surface area (Å²) in [4.78, 5) is 12.0. The third-order valence-electron chi connectivity index (χ3n) is 3.88. The molecule has 1 aliphatic heterocycles. The van der Waals surface area contributed by atoms with Crippen molar-refractivity contribution in [2.75, 3.05) is 11.5 Å². The molecule has 3 atom stereocenters. The summed E-state index contributed by atoms with van der Waals surface area (Å²) in [6.45, 7) is 0. The molecule has 2 aliphatic rings. The Kier molecular flexibility index (Phi) is 3.93. The highest BCUT2D eigenvalue weighted by Crippen LogP contribution is 2.49. The van der Waals surface area contributed by atoms with E-state index in [0.717, 1.165) is 5.56 Å². The lowest BCUT2D eigenvalue weighted by atomic mass is 10.1. The summed E-state index contributed by atoms with van der Waals surface area (Å²) < 4.78 is 28.0. The molecule has 0 N–H and O–H groups in total. The van der Waals surface area contributed by atoms with Crippen LogP contribution in [0.5, 0.6) is 0 Å².